The first-order valence-electron chi connectivity index (χ1n) is 10.4. The van der Waals surface area contributed by atoms with E-state index in [0.717, 1.165) is 32.1 Å². The predicted octanol–water partition coefficient (Wildman–Crippen LogP) is 3.85. The molecule has 1 aliphatic carbocycles. The van der Waals surface area contributed by atoms with Gasteiger partial charge in [0.2, 0.25) is 0 Å². The maximum atomic E-state index is 12.7. The Morgan fingerprint density at radius 2 is 2.00 bits per heavy atom. The van der Waals surface area contributed by atoms with Crippen LogP contribution in [0.5, 0.6) is 0 Å². The van der Waals surface area contributed by atoms with Gasteiger partial charge < -0.3 is 14.0 Å². The van der Waals surface area contributed by atoms with Gasteiger partial charge in [0, 0.05) is 19.1 Å². The first-order valence-corrected chi connectivity index (χ1v) is 12.1. The van der Waals surface area contributed by atoms with Crippen LogP contribution < -0.4 is 0 Å². The summed E-state index contributed by atoms with van der Waals surface area (Å²) < 4.78 is 77.1. The number of alkyl halides is 3. The van der Waals surface area contributed by atoms with Crippen molar-refractivity contribution in [1.29, 1.82) is 0 Å². The molecular formula is C20H28F3NO6S. The Bertz CT molecular complexity index is 883. The number of aromatic nitrogens is 1. The highest BCUT2D eigenvalue weighted by molar-refractivity contribution is 7.93. The summed E-state index contributed by atoms with van der Waals surface area (Å²) in [5, 5.41) is 4.01. The third kappa shape index (κ3) is 5.87. The molecule has 0 amide bonds. The van der Waals surface area contributed by atoms with Crippen LogP contribution in [0.1, 0.15) is 70.2 Å². The van der Waals surface area contributed by atoms with Gasteiger partial charge in [0.25, 0.3) is 0 Å². The average Bonchev–Trinajstić information content (AvgIpc) is 3.29. The highest BCUT2D eigenvalue weighted by Gasteiger charge is 2.51. The minimum absolute atomic E-state index is 0.193. The molecule has 1 saturated carbocycles. The lowest BCUT2D eigenvalue weighted by atomic mass is 10.0. The standard InChI is InChI=1S/C20H28F3NO6S/c1-18(2,31(26,27)11-5-7-20(21,22)23)16(25)13-14-12-15(24-30-14)19(8-9-19)29-17-6-3-4-10-28-17/h12,17H,3-11,13H2,1-2H3. The van der Waals surface area contributed by atoms with E-state index in [9.17, 15) is 26.4 Å². The van der Waals surface area contributed by atoms with Gasteiger partial charge in [-0.05, 0) is 52.4 Å². The zero-order valence-corrected chi connectivity index (χ0v) is 18.5. The van der Waals surface area contributed by atoms with Crippen molar-refractivity contribution in [3.05, 3.63) is 17.5 Å². The molecule has 1 aromatic rings. The summed E-state index contributed by atoms with van der Waals surface area (Å²) in [6, 6.07) is 1.58. The zero-order valence-electron chi connectivity index (χ0n) is 17.7. The van der Waals surface area contributed by atoms with Gasteiger partial charge in [0.15, 0.2) is 21.9 Å². The molecule has 0 N–H and O–H groups in total. The van der Waals surface area contributed by atoms with Gasteiger partial charge in [0.1, 0.15) is 21.8 Å². The number of carbonyl (C=O) groups is 1. The van der Waals surface area contributed by atoms with E-state index in [1.807, 2.05) is 0 Å². The fourth-order valence-corrected chi connectivity index (χ4v) is 4.93. The number of hydrogen-bond acceptors (Lipinski definition) is 7. The summed E-state index contributed by atoms with van der Waals surface area (Å²) in [5.74, 6) is -1.19. The Kier molecular flexibility index (Phi) is 6.88. The number of hydrogen-bond donors (Lipinski definition) is 0. The normalized spacial score (nSPS) is 21.8. The van der Waals surface area contributed by atoms with E-state index < -0.39 is 50.7 Å². The number of ether oxygens (including phenoxy) is 2. The topological polar surface area (TPSA) is 95.7 Å². The molecule has 0 aromatic carbocycles. The molecule has 2 aliphatic rings. The van der Waals surface area contributed by atoms with Gasteiger partial charge in [-0.1, -0.05) is 5.16 Å². The minimum Gasteiger partial charge on any atom is -0.361 e. The summed E-state index contributed by atoms with van der Waals surface area (Å²) >= 11 is 0. The zero-order chi connectivity index (χ0) is 22.9. The molecular weight excluding hydrogens is 439 g/mol. The molecule has 0 spiro atoms. The van der Waals surface area contributed by atoms with Crippen molar-refractivity contribution < 1.29 is 40.4 Å². The van der Waals surface area contributed by atoms with Crippen LogP contribution in [0.2, 0.25) is 0 Å². The Labute approximate surface area is 179 Å². The lowest BCUT2D eigenvalue weighted by Gasteiger charge is -2.26. The van der Waals surface area contributed by atoms with Gasteiger partial charge >= 0.3 is 6.18 Å². The maximum Gasteiger partial charge on any atom is 0.389 e. The lowest BCUT2D eigenvalue weighted by Crippen LogP contribution is -2.43. The van der Waals surface area contributed by atoms with Crippen LogP contribution in [0.25, 0.3) is 0 Å². The van der Waals surface area contributed by atoms with Gasteiger partial charge in [-0.3, -0.25) is 4.79 Å². The molecule has 0 bridgehead atoms. The molecule has 1 unspecified atom stereocenters. The van der Waals surface area contributed by atoms with Crippen LogP contribution in [-0.4, -0.2) is 48.9 Å². The summed E-state index contributed by atoms with van der Waals surface area (Å²) in [6.45, 7) is 3.06. The molecule has 176 valence electrons. The second kappa shape index (κ2) is 8.82. The summed E-state index contributed by atoms with van der Waals surface area (Å²) in [4.78, 5) is 12.7. The number of ketones is 1. The van der Waals surface area contributed by atoms with E-state index >= 15 is 0 Å². The third-order valence-corrected chi connectivity index (χ3v) is 8.49. The molecule has 3 rings (SSSR count). The second-order valence-corrected chi connectivity index (χ2v) is 11.4. The van der Waals surface area contributed by atoms with Gasteiger partial charge in [-0.25, -0.2) is 8.42 Å². The molecule has 11 heteroatoms. The number of Topliss-reactive ketones (excluding diaryl/α,β-unsaturated/α-hetero) is 1. The molecule has 1 atom stereocenters. The number of rotatable bonds is 10. The Morgan fingerprint density at radius 3 is 2.58 bits per heavy atom. The Hall–Kier alpha value is -1.46. The van der Waals surface area contributed by atoms with Crippen LogP contribution in [0, 0.1) is 0 Å². The molecule has 31 heavy (non-hydrogen) atoms. The molecule has 1 saturated heterocycles. The van der Waals surface area contributed by atoms with Crippen molar-refractivity contribution in [1.82, 2.24) is 5.16 Å². The molecule has 1 aliphatic heterocycles. The van der Waals surface area contributed by atoms with Gasteiger partial charge in [-0.2, -0.15) is 13.2 Å². The molecule has 2 heterocycles. The van der Waals surface area contributed by atoms with E-state index in [4.69, 9.17) is 14.0 Å². The highest BCUT2D eigenvalue weighted by atomic mass is 32.2. The minimum atomic E-state index is -4.44. The van der Waals surface area contributed by atoms with Crippen molar-refractivity contribution in [3.63, 3.8) is 0 Å². The van der Waals surface area contributed by atoms with E-state index in [1.165, 1.54) is 13.8 Å². The van der Waals surface area contributed by atoms with Crippen molar-refractivity contribution >= 4 is 15.6 Å². The second-order valence-electron chi connectivity index (χ2n) is 8.73. The van der Waals surface area contributed by atoms with E-state index in [2.05, 4.69) is 5.16 Å². The van der Waals surface area contributed by atoms with Crippen molar-refractivity contribution in [2.75, 3.05) is 12.4 Å². The number of sulfone groups is 1. The van der Waals surface area contributed by atoms with E-state index in [-0.39, 0.29) is 18.5 Å². The van der Waals surface area contributed by atoms with Gasteiger partial charge in [0.05, 0.1) is 12.2 Å². The van der Waals surface area contributed by atoms with Crippen LogP contribution in [0.15, 0.2) is 10.6 Å². The summed E-state index contributed by atoms with van der Waals surface area (Å²) in [7, 11) is -4.08. The fourth-order valence-electron chi connectivity index (χ4n) is 3.48. The summed E-state index contributed by atoms with van der Waals surface area (Å²) in [6.07, 6.45) is -2.57. The van der Waals surface area contributed by atoms with Crippen LogP contribution >= 0.6 is 0 Å². The Morgan fingerprint density at radius 1 is 1.29 bits per heavy atom. The average molecular weight is 468 g/mol. The summed E-state index contributed by atoms with van der Waals surface area (Å²) in [5.41, 5.74) is -0.0678. The number of carbonyl (C=O) groups excluding carboxylic acids is 1. The third-order valence-electron chi connectivity index (χ3n) is 5.88. The van der Waals surface area contributed by atoms with E-state index in [0.29, 0.717) is 12.3 Å². The van der Waals surface area contributed by atoms with Crippen LogP contribution in [0.3, 0.4) is 0 Å². The largest absolute Gasteiger partial charge is 0.389 e. The van der Waals surface area contributed by atoms with E-state index in [1.54, 1.807) is 6.07 Å². The Balaban J connectivity index is 1.60. The first kappa shape index (κ1) is 24.2. The van der Waals surface area contributed by atoms with Crippen LogP contribution in [-0.2, 0) is 36.1 Å². The molecule has 0 radical (unpaired) electrons. The van der Waals surface area contributed by atoms with Crippen molar-refractivity contribution in [3.8, 4) is 0 Å². The molecule has 7 nitrogen and oxygen atoms in total. The predicted molar refractivity (Wildman–Crippen MR) is 104 cm³/mol. The van der Waals surface area contributed by atoms with Crippen molar-refractivity contribution in [2.45, 2.75) is 88.0 Å². The molecule has 1 aromatic heterocycles. The highest BCUT2D eigenvalue weighted by Crippen LogP contribution is 2.50. The smallest absolute Gasteiger partial charge is 0.361 e. The quantitative estimate of drug-likeness (QED) is 0.516. The lowest BCUT2D eigenvalue weighted by molar-refractivity contribution is -0.201. The number of nitrogens with zero attached hydrogens (tertiary/aromatic N) is 1. The maximum absolute atomic E-state index is 12.7. The first-order chi connectivity index (χ1) is 14.3. The van der Waals surface area contributed by atoms with Crippen molar-refractivity contribution in [2.24, 2.45) is 0 Å². The van der Waals surface area contributed by atoms with Gasteiger partial charge in [-0.15, -0.1) is 0 Å². The van der Waals surface area contributed by atoms with Crippen LogP contribution in [0.4, 0.5) is 13.2 Å². The number of halogens is 3. The monoisotopic (exact) mass is 467 g/mol. The molecule has 2 fully saturated rings. The SMILES string of the molecule is CC(C)(C(=O)Cc1cc(C2(OC3CCCCO3)CC2)no1)S(=O)(=O)CCCC(F)(F)F. The fraction of sp³-hybridized carbons (Fsp3) is 0.800.